The van der Waals surface area contributed by atoms with E-state index in [4.69, 9.17) is 9.47 Å². The van der Waals surface area contributed by atoms with E-state index in [9.17, 15) is 29.4 Å². The minimum absolute atomic E-state index is 0.0540. The lowest BCUT2D eigenvalue weighted by Crippen LogP contribution is -2.72. The smallest absolute Gasteiger partial charge is 0.338 e. The highest BCUT2D eigenvalue weighted by Crippen LogP contribution is 2.58. The summed E-state index contributed by atoms with van der Waals surface area (Å²) in [7, 11) is 0. The first-order valence-corrected chi connectivity index (χ1v) is 12.2. The van der Waals surface area contributed by atoms with Gasteiger partial charge in [0.25, 0.3) is 0 Å². The molecule has 8 nitrogen and oxygen atoms in total. The van der Waals surface area contributed by atoms with Crippen LogP contribution in [0.15, 0.2) is 60.7 Å². The molecule has 36 heavy (non-hydrogen) atoms. The third-order valence-corrected chi connectivity index (χ3v) is 8.18. The minimum Gasteiger partial charge on any atom is -0.459 e. The lowest BCUT2D eigenvalue weighted by atomic mass is 9.45. The summed E-state index contributed by atoms with van der Waals surface area (Å²) in [5.41, 5.74) is -3.52. The van der Waals surface area contributed by atoms with Gasteiger partial charge >= 0.3 is 11.9 Å². The summed E-state index contributed by atoms with van der Waals surface area (Å²) < 4.78 is 10.7. The molecule has 4 aliphatic rings. The highest BCUT2D eigenvalue weighted by molar-refractivity contribution is 5.96. The first-order valence-electron chi connectivity index (χ1n) is 12.2. The van der Waals surface area contributed by atoms with Crippen molar-refractivity contribution in [2.24, 2.45) is 23.7 Å². The molecule has 0 amide bonds. The topological polar surface area (TPSA) is 127 Å². The average molecular weight is 493 g/mol. The maximum Gasteiger partial charge on any atom is 0.338 e. The molecule has 2 aromatic rings. The van der Waals surface area contributed by atoms with Crippen LogP contribution in [0, 0.1) is 23.7 Å². The van der Waals surface area contributed by atoms with Crippen molar-refractivity contribution in [2.75, 3.05) is 13.2 Å². The Morgan fingerprint density at radius 1 is 0.778 bits per heavy atom. The van der Waals surface area contributed by atoms with Crippen LogP contribution in [-0.4, -0.2) is 58.1 Å². The molecule has 0 radical (unpaired) electrons. The second kappa shape index (κ2) is 9.26. The molecular weight excluding hydrogens is 464 g/mol. The normalized spacial score (nSPS) is 33.1. The van der Waals surface area contributed by atoms with Crippen LogP contribution in [0.2, 0.25) is 0 Å². The third kappa shape index (κ3) is 3.94. The van der Waals surface area contributed by atoms with E-state index in [1.165, 1.54) is 0 Å². The number of carbonyl (C=O) groups excluding carboxylic acids is 4. The Morgan fingerprint density at radius 2 is 1.31 bits per heavy atom. The summed E-state index contributed by atoms with van der Waals surface area (Å²) >= 11 is 0. The van der Waals surface area contributed by atoms with E-state index in [0.717, 1.165) is 0 Å². The van der Waals surface area contributed by atoms with Gasteiger partial charge in [-0.3, -0.25) is 9.59 Å². The summed E-state index contributed by atoms with van der Waals surface area (Å²) in [6, 6.07) is 16.5. The fourth-order valence-electron chi connectivity index (χ4n) is 6.46. The molecule has 2 aromatic carbocycles. The Balaban J connectivity index is 1.39. The quantitative estimate of drug-likeness (QED) is 0.589. The fourth-order valence-corrected chi connectivity index (χ4v) is 6.46. The number of carbonyl (C=O) groups is 4. The summed E-state index contributed by atoms with van der Waals surface area (Å²) in [6.07, 6.45) is 1.36. The van der Waals surface area contributed by atoms with Gasteiger partial charge in [0.05, 0.1) is 11.1 Å². The van der Waals surface area contributed by atoms with E-state index in [2.05, 4.69) is 0 Å². The van der Waals surface area contributed by atoms with Crippen LogP contribution in [0.1, 0.15) is 46.4 Å². The van der Waals surface area contributed by atoms with E-state index < -0.39 is 65.7 Å². The zero-order valence-corrected chi connectivity index (χ0v) is 19.7. The molecule has 6 atom stereocenters. The van der Waals surface area contributed by atoms with Gasteiger partial charge in [-0.1, -0.05) is 36.4 Å². The zero-order valence-electron chi connectivity index (χ0n) is 19.7. The summed E-state index contributed by atoms with van der Waals surface area (Å²) in [6.45, 7) is -1.14. The molecule has 0 unspecified atom stereocenters. The van der Waals surface area contributed by atoms with Crippen molar-refractivity contribution in [3.63, 3.8) is 0 Å². The maximum atomic E-state index is 13.4. The molecule has 8 heteroatoms. The van der Waals surface area contributed by atoms with Crippen molar-refractivity contribution >= 4 is 23.5 Å². The van der Waals surface area contributed by atoms with Crippen LogP contribution in [0.3, 0.4) is 0 Å². The van der Waals surface area contributed by atoms with Crippen LogP contribution >= 0.6 is 0 Å². The molecule has 4 fully saturated rings. The Bertz CT molecular complexity index is 1180. The van der Waals surface area contributed by atoms with Crippen molar-refractivity contribution < 1.29 is 38.9 Å². The first-order chi connectivity index (χ1) is 17.3. The van der Waals surface area contributed by atoms with Crippen molar-refractivity contribution in [3.8, 4) is 0 Å². The fraction of sp³-hybridized carbons (Fsp3) is 0.429. The number of esters is 2. The Labute approximate surface area is 208 Å². The molecule has 6 rings (SSSR count). The van der Waals surface area contributed by atoms with Gasteiger partial charge in [0, 0.05) is 24.2 Å². The van der Waals surface area contributed by atoms with E-state index in [1.54, 1.807) is 60.7 Å². The van der Waals surface area contributed by atoms with Gasteiger partial charge in [-0.2, -0.15) is 0 Å². The zero-order chi connectivity index (χ0) is 25.5. The summed E-state index contributed by atoms with van der Waals surface area (Å²) in [5, 5.41) is 23.3. The van der Waals surface area contributed by atoms with Crippen LogP contribution < -0.4 is 0 Å². The molecular formula is C28H28O8. The number of rotatable bonds is 6. The number of benzene rings is 2. The van der Waals surface area contributed by atoms with Crippen LogP contribution in [0.4, 0.5) is 0 Å². The van der Waals surface area contributed by atoms with E-state index in [1.807, 2.05) is 0 Å². The number of ether oxygens (including phenoxy) is 2. The van der Waals surface area contributed by atoms with Crippen molar-refractivity contribution in [1.82, 2.24) is 0 Å². The maximum absolute atomic E-state index is 13.4. The van der Waals surface area contributed by atoms with Gasteiger partial charge in [-0.25, -0.2) is 9.59 Å². The molecule has 0 aromatic heterocycles. The standard InChI is InChI=1S/C28H28O8/c29-22-14-12-19-20-11-13-21(23(19)28(22,34)16-36-26(32)18-9-5-2-6-10-18)27(33,24(20)30)15-35-25(31)17-7-3-1-4-8-17/h1-10,19-21,23,33-34H,11-16H2/t19-,20+,21-,23-,27+,28-/m1/s1. The molecule has 0 spiro atoms. The predicted octanol–water partition coefficient (Wildman–Crippen LogP) is 2.37. The average Bonchev–Trinajstić information content (AvgIpc) is 2.91. The SMILES string of the molecule is O=C(OC[C@@]1(O)C(=O)CC[C@H]2[C@@H]1[C@H]1CC[C@@H]2C(=O)[C@]1(O)COC(=O)c1ccccc1)c1ccccc1. The lowest BCUT2D eigenvalue weighted by molar-refractivity contribution is -0.222. The Kier molecular flexibility index (Phi) is 6.26. The van der Waals surface area contributed by atoms with Gasteiger partial charge in [0.1, 0.15) is 13.2 Å². The van der Waals surface area contributed by atoms with Gasteiger partial charge in [-0.15, -0.1) is 0 Å². The summed E-state index contributed by atoms with van der Waals surface area (Å²) in [4.78, 5) is 51.5. The lowest BCUT2D eigenvalue weighted by Gasteiger charge is -2.60. The Morgan fingerprint density at radius 3 is 1.86 bits per heavy atom. The molecule has 2 bridgehead atoms. The van der Waals surface area contributed by atoms with Crippen molar-refractivity contribution in [2.45, 2.75) is 36.9 Å². The number of Topliss-reactive ketones (excluding diaryl/α,β-unsaturated/α-hetero) is 2. The Hall–Kier alpha value is -3.36. The van der Waals surface area contributed by atoms with Crippen LogP contribution in [-0.2, 0) is 19.1 Å². The second-order valence-corrected chi connectivity index (χ2v) is 10.0. The molecule has 0 saturated heterocycles. The number of hydrogen-bond acceptors (Lipinski definition) is 8. The summed E-state index contributed by atoms with van der Waals surface area (Å²) in [5.74, 6) is -4.80. The highest BCUT2D eigenvalue weighted by Gasteiger charge is 2.68. The third-order valence-electron chi connectivity index (χ3n) is 8.18. The molecule has 188 valence electrons. The van der Waals surface area contributed by atoms with Crippen LogP contribution in [0.5, 0.6) is 0 Å². The van der Waals surface area contributed by atoms with Crippen molar-refractivity contribution in [3.05, 3.63) is 71.8 Å². The van der Waals surface area contributed by atoms with Gasteiger partial charge < -0.3 is 19.7 Å². The highest BCUT2D eigenvalue weighted by atomic mass is 16.5. The number of fused-ring (bicyclic) bond motifs is 2. The number of aliphatic hydroxyl groups is 2. The van der Waals surface area contributed by atoms with Gasteiger partial charge in [-0.05, 0) is 49.4 Å². The van der Waals surface area contributed by atoms with Crippen LogP contribution in [0.25, 0.3) is 0 Å². The first kappa shape index (κ1) is 24.3. The van der Waals surface area contributed by atoms with E-state index in [0.29, 0.717) is 19.3 Å². The molecule has 4 aliphatic carbocycles. The largest absolute Gasteiger partial charge is 0.459 e. The second-order valence-electron chi connectivity index (χ2n) is 10.0. The van der Waals surface area contributed by atoms with E-state index in [-0.39, 0.29) is 23.5 Å². The minimum atomic E-state index is -2.05. The van der Waals surface area contributed by atoms with Gasteiger partial charge in [0.15, 0.2) is 22.8 Å². The van der Waals surface area contributed by atoms with E-state index >= 15 is 0 Å². The van der Waals surface area contributed by atoms with Gasteiger partial charge in [0.2, 0.25) is 0 Å². The molecule has 2 N–H and O–H groups in total. The number of hydrogen-bond donors (Lipinski definition) is 2. The monoisotopic (exact) mass is 492 g/mol. The molecule has 0 aliphatic heterocycles. The molecule has 4 saturated carbocycles. The van der Waals surface area contributed by atoms with Crippen molar-refractivity contribution in [1.29, 1.82) is 0 Å². The number of ketones is 2. The predicted molar refractivity (Wildman–Crippen MR) is 126 cm³/mol. The molecule has 0 heterocycles.